The molecule has 1 aliphatic rings. The van der Waals surface area contributed by atoms with Crippen molar-refractivity contribution in [2.75, 3.05) is 26.2 Å². The van der Waals surface area contributed by atoms with Crippen molar-refractivity contribution < 1.29 is 24.0 Å². The third-order valence-corrected chi connectivity index (χ3v) is 3.19. The summed E-state index contributed by atoms with van der Waals surface area (Å²) in [5.74, 6) is -0.493. The van der Waals surface area contributed by atoms with E-state index in [2.05, 4.69) is 15.5 Å². The van der Waals surface area contributed by atoms with Crippen LogP contribution in [-0.2, 0) is 16.0 Å². The number of ether oxygens (including phenoxy) is 1. The highest BCUT2D eigenvalue weighted by molar-refractivity contribution is 5.74. The lowest BCUT2D eigenvalue weighted by atomic mass is 10.1. The smallest absolute Gasteiger partial charge is 0.329 e. The van der Waals surface area contributed by atoms with Crippen LogP contribution in [0.4, 0.5) is 4.79 Å². The third-order valence-electron chi connectivity index (χ3n) is 3.19. The van der Waals surface area contributed by atoms with Gasteiger partial charge in [0.15, 0.2) is 6.33 Å². The Labute approximate surface area is 121 Å². The maximum Gasteiger partial charge on any atom is 0.329 e. The van der Waals surface area contributed by atoms with Gasteiger partial charge in [0.2, 0.25) is 5.89 Å². The number of carbonyl (C=O) groups excluding carboxylic acids is 1. The quantitative estimate of drug-likeness (QED) is 0.752. The van der Waals surface area contributed by atoms with Crippen LogP contribution in [0.3, 0.4) is 0 Å². The van der Waals surface area contributed by atoms with Crippen LogP contribution in [0.2, 0.25) is 0 Å². The van der Waals surface area contributed by atoms with Gasteiger partial charge >= 0.3 is 12.0 Å². The van der Waals surface area contributed by atoms with Gasteiger partial charge in [0.25, 0.3) is 0 Å². The van der Waals surface area contributed by atoms with Gasteiger partial charge in [-0.3, -0.25) is 0 Å². The van der Waals surface area contributed by atoms with Crippen LogP contribution in [0.5, 0.6) is 0 Å². The molecule has 1 aliphatic heterocycles. The molecule has 2 rings (SSSR count). The number of likely N-dealkylation sites (tertiary alicyclic amines) is 1. The highest BCUT2D eigenvalue weighted by atomic mass is 16.5. The second-order valence-corrected chi connectivity index (χ2v) is 4.71. The Morgan fingerprint density at radius 2 is 2.24 bits per heavy atom. The number of amides is 2. The van der Waals surface area contributed by atoms with Crippen LogP contribution in [0.25, 0.3) is 0 Å². The average Bonchev–Trinajstić information content (AvgIpc) is 2.99. The zero-order valence-electron chi connectivity index (χ0n) is 11.5. The van der Waals surface area contributed by atoms with Crippen LogP contribution in [0.1, 0.15) is 18.7 Å². The Morgan fingerprint density at radius 3 is 2.86 bits per heavy atom. The molecule has 0 aliphatic carbocycles. The summed E-state index contributed by atoms with van der Waals surface area (Å²) in [4.78, 5) is 27.9. The fourth-order valence-electron chi connectivity index (χ4n) is 2.11. The summed E-state index contributed by atoms with van der Waals surface area (Å²) in [6.07, 6.45) is 3.00. The van der Waals surface area contributed by atoms with Gasteiger partial charge < -0.3 is 24.6 Å². The van der Waals surface area contributed by atoms with Gasteiger partial charge in [-0.1, -0.05) is 5.16 Å². The maximum absolute atomic E-state index is 11.9. The van der Waals surface area contributed by atoms with E-state index in [0.29, 0.717) is 44.8 Å². The molecule has 9 heteroatoms. The van der Waals surface area contributed by atoms with Gasteiger partial charge in [-0.25, -0.2) is 9.59 Å². The average molecular weight is 298 g/mol. The SMILES string of the molecule is O=C(O)COC1CCN(C(=O)NCCc2ncno2)CC1. The van der Waals surface area contributed by atoms with Gasteiger partial charge in [0.1, 0.15) is 6.61 Å². The molecule has 1 saturated heterocycles. The molecule has 0 unspecified atom stereocenters. The number of hydrogen-bond acceptors (Lipinski definition) is 6. The van der Waals surface area contributed by atoms with Gasteiger partial charge in [0.05, 0.1) is 6.10 Å². The summed E-state index contributed by atoms with van der Waals surface area (Å²) in [5.41, 5.74) is 0. The van der Waals surface area contributed by atoms with E-state index in [1.165, 1.54) is 6.33 Å². The van der Waals surface area contributed by atoms with Crippen molar-refractivity contribution in [1.29, 1.82) is 0 Å². The number of carboxylic acid groups (broad SMARTS) is 1. The fourth-order valence-corrected chi connectivity index (χ4v) is 2.11. The number of carboxylic acids is 1. The van der Waals surface area contributed by atoms with Crippen molar-refractivity contribution in [3.05, 3.63) is 12.2 Å². The topological polar surface area (TPSA) is 118 Å². The van der Waals surface area contributed by atoms with Crippen molar-refractivity contribution in [3.63, 3.8) is 0 Å². The van der Waals surface area contributed by atoms with Crippen molar-refractivity contribution in [2.45, 2.75) is 25.4 Å². The Hall–Kier alpha value is -2.16. The van der Waals surface area contributed by atoms with E-state index < -0.39 is 5.97 Å². The molecule has 1 aromatic heterocycles. The van der Waals surface area contributed by atoms with E-state index in [0.717, 1.165) is 0 Å². The number of aliphatic carboxylic acids is 1. The van der Waals surface area contributed by atoms with Crippen molar-refractivity contribution >= 4 is 12.0 Å². The number of rotatable bonds is 6. The maximum atomic E-state index is 11.9. The van der Waals surface area contributed by atoms with E-state index in [4.69, 9.17) is 14.4 Å². The minimum Gasteiger partial charge on any atom is -0.480 e. The second-order valence-electron chi connectivity index (χ2n) is 4.71. The first-order valence-corrected chi connectivity index (χ1v) is 6.77. The van der Waals surface area contributed by atoms with Crippen molar-refractivity contribution in [1.82, 2.24) is 20.4 Å². The third kappa shape index (κ3) is 5.03. The standard InChI is InChI=1S/C12H18N4O5/c17-11(18)7-20-9-2-5-16(6-3-9)12(19)13-4-1-10-14-8-15-21-10/h8-9H,1-7H2,(H,13,19)(H,17,18). The molecule has 1 fully saturated rings. The molecular formula is C12H18N4O5. The molecule has 0 atom stereocenters. The van der Waals surface area contributed by atoms with Crippen LogP contribution in [0, 0.1) is 0 Å². The van der Waals surface area contributed by atoms with Crippen LogP contribution >= 0.6 is 0 Å². The Morgan fingerprint density at radius 1 is 1.48 bits per heavy atom. The first-order chi connectivity index (χ1) is 10.1. The van der Waals surface area contributed by atoms with E-state index in [1.54, 1.807) is 4.90 Å². The predicted octanol–water partition coefficient (Wildman–Crippen LogP) is -0.113. The molecule has 116 valence electrons. The van der Waals surface area contributed by atoms with E-state index >= 15 is 0 Å². The number of urea groups is 1. The molecule has 0 aromatic carbocycles. The Kier molecular flexibility index (Phi) is 5.50. The van der Waals surface area contributed by atoms with Gasteiger partial charge in [0, 0.05) is 26.1 Å². The summed E-state index contributed by atoms with van der Waals surface area (Å²) in [6, 6.07) is -0.147. The summed E-state index contributed by atoms with van der Waals surface area (Å²) in [5, 5.41) is 14.8. The van der Waals surface area contributed by atoms with E-state index in [9.17, 15) is 9.59 Å². The zero-order chi connectivity index (χ0) is 15.1. The van der Waals surface area contributed by atoms with Crippen LogP contribution < -0.4 is 5.32 Å². The number of hydrogen-bond donors (Lipinski definition) is 2. The molecule has 2 amide bonds. The fraction of sp³-hybridized carbons (Fsp3) is 0.667. The first-order valence-electron chi connectivity index (χ1n) is 6.77. The monoisotopic (exact) mass is 298 g/mol. The molecule has 21 heavy (non-hydrogen) atoms. The molecule has 1 aromatic rings. The largest absolute Gasteiger partial charge is 0.480 e. The Bertz CT molecular complexity index is 456. The normalized spacial score (nSPS) is 15.9. The van der Waals surface area contributed by atoms with Crippen molar-refractivity contribution in [2.24, 2.45) is 0 Å². The molecule has 2 N–H and O–H groups in total. The van der Waals surface area contributed by atoms with Gasteiger partial charge in [-0.15, -0.1) is 0 Å². The number of aromatic nitrogens is 2. The summed E-state index contributed by atoms with van der Waals surface area (Å²) in [6.45, 7) is 1.24. The highest BCUT2D eigenvalue weighted by Crippen LogP contribution is 2.13. The molecule has 0 radical (unpaired) electrons. The molecule has 2 heterocycles. The predicted molar refractivity (Wildman–Crippen MR) is 69.6 cm³/mol. The lowest BCUT2D eigenvalue weighted by Gasteiger charge is -2.31. The van der Waals surface area contributed by atoms with E-state index in [-0.39, 0.29) is 18.7 Å². The first kappa shape index (κ1) is 15.2. The summed E-state index contributed by atoms with van der Waals surface area (Å²) >= 11 is 0. The Balaban J connectivity index is 1.62. The minimum absolute atomic E-state index is 0.0939. The number of carbonyl (C=O) groups is 2. The number of piperidine rings is 1. The molecule has 9 nitrogen and oxygen atoms in total. The van der Waals surface area contributed by atoms with E-state index in [1.807, 2.05) is 0 Å². The lowest BCUT2D eigenvalue weighted by molar-refractivity contribution is -0.145. The zero-order valence-corrected chi connectivity index (χ0v) is 11.5. The molecule has 0 spiro atoms. The van der Waals surface area contributed by atoms with Crippen LogP contribution in [0.15, 0.2) is 10.9 Å². The highest BCUT2D eigenvalue weighted by Gasteiger charge is 2.23. The van der Waals surface area contributed by atoms with Gasteiger partial charge in [-0.05, 0) is 12.8 Å². The lowest BCUT2D eigenvalue weighted by Crippen LogP contribution is -2.46. The van der Waals surface area contributed by atoms with Gasteiger partial charge in [-0.2, -0.15) is 4.98 Å². The molecular weight excluding hydrogens is 280 g/mol. The summed E-state index contributed by atoms with van der Waals surface area (Å²) < 4.78 is 10.0. The van der Waals surface area contributed by atoms with Crippen molar-refractivity contribution in [3.8, 4) is 0 Å². The number of nitrogens with one attached hydrogen (secondary N) is 1. The van der Waals surface area contributed by atoms with Crippen LogP contribution in [-0.4, -0.2) is 64.5 Å². The number of nitrogens with zero attached hydrogens (tertiary/aromatic N) is 3. The molecule has 0 bridgehead atoms. The second kappa shape index (κ2) is 7.58. The molecule has 0 saturated carbocycles. The minimum atomic E-state index is -0.976. The summed E-state index contributed by atoms with van der Waals surface area (Å²) in [7, 11) is 0.